The molecular weight excluding hydrogens is 340 g/mol. The summed E-state index contributed by atoms with van der Waals surface area (Å²) in [6, 6.07) is -1.61. The lowest BCUT2D eigenvalue weighted by Crippen LogP contribution is -2.54. The van der Waals surface area contributed by atoms with E-state index in [9.17, 15) is 14.4 Å². The Hall–Kier alpha value is -1.83. The Morgan fingerprint density at radius 2 is 1.92 bits per heavy atom. The summed E-state index contributed by atoms with van der Waals surface area (Å²) >= 11 is 0. The number of amides is 2. The van der Waals surface area contributed by atoms with Crippen molar-refractivity contribution in [1.29, 1.82) is 0 Å². The van der Waals surface area contributed by atoms with Crippen molar-refractivity contribution in [2.24, 2.45) is 0 Å². The minimum atomic E-state index is -0.785. The SMILES string of the molecule is CC[C@H](NC(=O)OC(C)(C)C)C(=O)N1C(CCCO)CC[C@H]1C(=O)OC. The van der Waals surface area contributed by atoms with E-state index in [0.29, 0.717) is 32.1 Å². The van der Waals surface area contributed by atoms with Crippen LogP contribution in [-0.4, -0.2) is 65.4 Å². The highest BCUT2D eigenvalue weighted by Gasteiger charge is 2.43. The van der Waals surface area contributed by atoms with Gasteiger partial charge in [-0.25, -0.2) is 9.59 Å². The first-order valence-corrected chi connectivity index (χ1v) is 9.15. The summed E-state index contributed by atoms with van der Waals surface area (Å²) in [7, 11) is 1.29. The lowest BCUT2D eigenvalue weighted by Gasteiger charge is -2.32. The molecule has 1 saturated heterocycles. The maximum atomic E-state index is 13.1. The lowest BCUT2D eigenvalue weighted by atomic mass is 10.1. The Morgan fingerprint density at radius 1 is 1.27 bits per heavy atom. The number of aliphatic hydroxyl groups excluding tert-OH is 1. The van der Waals surface area contributed by atoms with Crippen molar-refractivity contribution in [3.05, 3.63) is 0 Å². The number of nitrogens with one attached hydrogen (secondary N) is 1. The second-order valence-electron chi connectivity index (χ2n) is 7.49. The predicted octanol–water partition coefficient (Wildman–Crippen LogP) is 1.59. The van der Waals surface area contributed by atoms with Crippen LogP contribution in [0.2, 0.25) is 0 Å². The van der Waals surface area contributed by atoms with Crippen molar-refractivity contribution >= 4 is 18.0 Å². The van der Waals surface area contributed by atoms with Gasteiger partial charge in [0.2, 0.25) is 5.91 Å². The molecule has 0 aromatic rings. The number of methoxy groups -OCH3 is 1. The molecule has 0 aromatic heterocycles. The molecule has 0 aliphatic carbocycles. The highest BCUT2D eigenvalue weighted by atomic mass is 16.6. The van der Waals surface area contributed by atoms with Gasteiger partial charge in [-0.3, -0.25) is 4.79 Å². The standard InChI is InChI=1S/C18H32N2O6/c1-6-13(19-17(24)26-18(2,3)4)15(22)20-12(8-7-11-21)9-10-14(20)16(23)25-5/h12-14,21H,6-11H2,1-5H3,(H,19,24)/t12?,13-,14-/m0/s1. The van der Waals surface area contributed by atoms with E-state index in [1.807, 2.05) is 0 Å². The van der Waals surface area contributed by atoms with Gasteiger partial charge >= 0.3 is 12.1 Å². The zero-order valence-electron chi connectivity index (χ0n) is 16.4. The molecule has 1 fully saturated rings. The normalized spacial score (nSPS) is 21.2. The topological polar surface area (TPSA) is 105 Å². The van der Waals surface area contributed by atoms with E-state index in [4.69, 9.17) is 14.6 Å². The molecule has 3 atom stereocenters. The van der Waals surface area contributed by atoms with Gasteiger partial charge < -0.3 is 24.8 Å². The molecule has 8 nitrogen and oxygen atoms in total. The highest BCUT2D eigenvalue weighted by molar-refractivity contribution is 5.90. The highest BCUT2D eigenvalue weighted by Crippen LogP contribution is 2.29. The second kappa shape index (κ2) is 9.75. The van der Waals surface area contributed by atoms with Crippen molar-refractivity contribution in [2.75, 3.05) is 13.7 Å². The smallest absolute Gasteiger partial charge is 0.408 e. The van der Waals surface area contributed by atoms with Crippen LogP contribution in [0.5, 0.6) is 0 Å². The average Bonchev–Trinajstić information content (AvgIpc) is 2.98. The van der Waals surface area contributed by atoms with E-state index >= 15 is 0 Å². The number of likely N-dealkylation sites (tertiary alicyclic amines) is 1. The van der Waals surface area contributed by atoms with Crippen LogP contribution in [-0.2, 0) is 19.1 Å². The summed E-state index contributed by atoms with van der Waals surface area (Å²) in [6.45, 7) is 7.04. The quantitative estimate of drug-likeness (QED) is 0.658. The Balaban J connectivity index is 2.92. The molecule has 1 rings (SSSR count). The number of nitrogens with zero attached hydrogens (tertiary/aromatic N) is 1. The van der Waals surface area contributed by atoms with Crippen molar-refractivity contribution in [1.82, 2.24) is 10.2 Å². The van der Waals surface area contributed by atoms with E-state index in [1.165, 1.54) is 12.0 Å². The number of hydrogen-bond acceptors (Lipinski definition) is 6. The van der Waals surface area contributed by atoms with Crippen molar-refractivity contribution in [3.63, 3.8) is 0 Å². The predicted molar refractivity (Wildman–Crippen MR) is 95.4 cm³/mol. The number of aliphatic hydroxyl groups is 1. The van der Waals surface area contributed by atoms with Crippen LogP contribution in [0, 0.1) is 0 Å². The van der Waals surface area contributed by atoms with Crippen LogP contribution in [0.4, 0.5) is 4.79 Å². The molecule has 0 aromatic carbocycles. The van der Waals surface area contributed by atoms with Crippen LogP contribution in [0.15, 0.2) is 0 Å². The van der Waals surface area contributed by atoms with Gasteiger partial charge in [0.25, 0.3) is 0 Å². The Labute approximate surface area is 155 Å². The molecule has 0 spiro atoms. The van der Waals surface area contributed by atoms with Crippen LogP contribution in [0.3, 0.4) is 0 Å². The number of carbonyl (C=O) groups is 3. The van der Waals surface area contributed by atoms with Crippen LogP contribution < -0.4 is 5.32 Å². The first-order chi connectivity index (χ1) is 12.1. The molecule has 1 aliphatic rings. The number of carbonyl (C=O) groups excluding carboxylic acids is 3. The zero-order valence-corrected chi connectivity index (χ0v) is 16.4. The molecule has 0 saturated carbocycles. The molecule has 150 valence electrons. The zero-order chi connectivity index (χ0) is 19.9. The largest absolute Gasteiger partial charge is 0.467 e. The molecule has 1 aliphatic heterocycles. The van der Waals surface area contributed by atoms with Gasteiger partial charge in [-0.05, 0) is 52.9 Å². The first kappa shape index (κ1) is 22.2. The molecule has 1 unspecified atom stereocenters. The van der Waals surface area contributed by atoms with Gasteiger partial charge in [-0.15, -0.1) is 0 Å². The number of alkyl carbamates (subject to hydrolysis) is 1. The molecule has 1 heterocycles. The summed E-state index contributed by atoms with van der Waals surface area (Å²) in [5.41, 5.74) is -0.669. The molecule has 0 radical (unpaired) electrons. The fourth-order valence-corrected chi connectivity index (χ4v) is 3.16. The summed E-state index contributed by atoms with van der Waals surface area (Å²) < 4.78 is 10.1. The van der Waals surface area contributed by atoms with Crippen molar-refractivity contribution in [3.8, 4) is 0 Å². The van der Waals surface area contributed by atoms with Gasteiger partial charge in [0.05, 0.1) is 7.11 Å². The third-order valence-electron chi connectivity index (χ3n) is 4.32. The number of ether oxygens (including phenoxy) is 2. The fourth-order valence-electron chi connectivity index (χ4n) is 3.16. The molecular formula is C18H32N2O6. The third-order valence-corrected chi connectivity index (χ3v) is 4.32. The average molecular weight is 372 g/mol. The summed E-state index contributed by atoms with van der Waals surface area (Å²) in [5.74, 6) is -0.786. The van der Waals surface area contributed by atoms with E-state index in [2.05, 4.69) is 5.32 Å². The van der Waals surface area contributed by atoms with Gasteiger partial charge in [0.15, 0.2) is 0 Å². The minimum absolute atomic E-state index is 0.0226. The van der Waals surface area contributed by atoms with Gasteiger partial charge in [0.1, 0.15) is 17.7 Å². The van der Waals surface area contributed by atoms with Crippen molar-refractivity contribution in [2.45, 2.75) is 83.5 Å². The minimum Gasteiger partial charge on any atom is -0.467 e. The van der Waals surface area contributed by atoms with E-state index in [1.54, 1.807) is 27.7 Å². The third kappa shape index (κ3) is 6.16. The molecule has 8 heteroatoms. The first-order valence-electron chi connectivity index (χ1n) is 9.15. The summed E-state index contributed by atoms with van der Waals surface area (Å²) in [6.07, 6.45) is 2.01. The number of esters is 1. The lowest BCUT2D eigenvalue weighted by molar-refractivity contribution is -0.153. The second-order valence-corrected chi connectivity index (χ2v) is 7.49. The number of rotatable bonds is 7. The van der Waals surface area contributed by atoms with Gasteiger partial charge in [-0.2, -0.15) is 0 Å². The number of hydrogen-bond donors (Lipinski definition) is 2. The Morgan fingerprint density at radius 3 is 2.42 bits per heavy atom. The van der Waals surface area contributed by atoms with Crippen molar-refractivity contribution < 1.29 is 29.0 Å². The Kier molecular flexibility index (Phi) is 8.33. The van der Waals surface area contributed by atoms with Gasteiger partial charge in [-0.1, -0.05) is 6.92 Å². The summed E-state index contributed by atoms with van der Waals surface area (Å²) in [4.78, 5) is 38.7. The van der Waals surface area contributed by atoms with E-state index in [0.717, 1.165) is 0 Å². The summed E-state index contributed by atoms with van der Waals surface area (Å²) in [5, 5.41) is 11.7. The fraction of sp³-hybridized carbons (Fsp3) is 0.833. The maximum absolute atomic E-state index is 13.1. The van der Waals surface area contributed by atoms with Crippen LogP contribution in [0.1, 0.15) is 59.8 Å². The maximum Gasteiger partial charge on any atom is 0.408 e. The van der Waals surface area contributed by atoms with E-state index in [-0.39, 0.29) is 18.6 Å². The van der Waals surface area contributed by atoms with Gasteiger partial charge in [0, 0.05) is 12.6 Å². The Bertz CT molecular complexity index is 502. The van der Waals surface area contributed by atoms with Crippen LogP contribution in [0.25, 0.3) is 0 Å². The monoisotopic (exact) mass is 372 g/mol. The van der Waals surface area contributed by atoms with Crippen LogP contribution >= 0.6 is 0 Å². The molecule has 26 heavy (non-hydrogen) atoms. The molecule has 2 N–H and O–H groups in total. The molecule has 2 amide bonds. The van der Waals surface area contributed by atoms with E-state index < -0.39 is 29.7 Å². The molecule has 0 bridgehead atoms.